The van der Waals surface area contributed by atoms with Gasteiger partial charge in [0, 0.05) is 32.1 Å². The predicted octanol–water partition coefficient (Wildman–Crippen LogP) is 6.46. The number of thiazole rings is 1. The van der Waals surface area contributed by atoms with Crippen molar-refractivity contribution < 1.29 is 14.3 Å². The normalized spacial score (nSPS) is 10.5. The third-order valence-corrected chi connectivity index (χ3v) is 6.83. The summed E-state index contributed by atoms with van der Waals surface area (Å²) in [4.78, 5) is 30.1. The Labute approximate surface area is 210 Å². The number of carbonyl (C=O) groups excluding carboxylic acids is 2. The third-order valence-electron chi connectivity index (χ3n) is 4.73. The highest BCUT2D eigenvalue weighted by Gasteiger charge is 2.11. The van der Waals surface area contributed by atoms with Gasteiger partial charge in [0.15, 0.2) is 5.13 Å². The van der Waals surface area contributed by atoms with Gasteiger partial charge in [-0.3, -0.25) is 9.59 Å². The Morgan fingerprint density at radius 3 is 2.44 bits per heavy atom. The van der Waals surface area contributed by atoms with Gasteiger partial charge in [0.05, 0.1) is 18.6 Å². The van der Waals surface area contributed by atoms with Crippen LogP contribution in [0.4, 0.5) is 10.8 Å². The summed E-state index contributed by atoms with van der Waals surface area (Å²) < 4.78 is 5.11. The number of nitrogens with one attached hydrogen (secondary N) is 2. The fourth-order valence-electron chi connectivity index (χ4n) is 3.01. The van der Waals surface area contributed by atoms with Crippen LogP contribution in [0, 0.1) is 0 Å². The molecule has 0 fully saturated rings. The molecule has 2 amide bonds. The molecule has 0 radical (unpaired) electrons. The number of benzene rings is 3. The Balaban J connectivity index is 1.27. The highest BCUT2D eigenvalue weighted by atomic mass is 35.5. The van der Waals surface area contributed by atoms with Crippen molar-refractivity contribution in [3.8, 4) is 17.0 Å². The second kappa shape index (κ2) is 11.2. The molecule has 0 spiro atoms. The van der Waals surface area contributed by atoms with Crippen LogP contribution in [-0.4, -0.2) is 29.7 Å². The van der Waals surface area contributed by atoms with Gasteiger partial charge in [0.1, 0.15) is 5.75 Å². The molecule has 0 aliphatic rings. The molecular formula is C25H20ClN3O3S2. The SMILES string of the molecule is COc1ccc(C(=O)Nc2ccc(SCC(=O)Nc3nc(-c4ccccc4Cl)cs3)cc2)cc1. The van der Waals surface area contributed by atoms with Gasteiger partial charge < -0.3 is 15.4 Å². The van der Waals surface area contributed by atoms with Crippen LogP contribution in [0.2, 0.25) is 5.02 Å². The maximum atomic E-state index is 12.4. The molecule has 4 aromatic rings. The highest BCUT2D eigenvalue weighted by Crippen LogP contribution is 2.30. The average molecular weight is 510 g/mol. The molecule has 0 saturated heterocycles. The molecule has 0 aliphatic carbocycles. The van der Waals surface area contributed by atoms with Crippen LogP contribution in [-0.2, 0) is 4.79 Å². The number of anilines is 2. The summed E-state index contributed by atoms with van der Waals surface area (Å²) in [6, 6.07) is 21.7. The van der Waals surface area contributed by atoms with Crippen LogP contribution < -0.4 is 15.4 Å². The molecule has 9 heteroatoms. The van der Waals surface area contributed by atoms with Crippen molar-refractivity contribution in [2.45, 2.75) is 4.90 Å². The van der Waals surface area contributed by atoms with Crippen molar-refractivity contribution in [3.05, 3.63) is 88.8 Å². The van der Waals surface area contributed by atoms with E-state index in [9.17, 15) is 9.59 Å². The molecule has 172 valence electrons. The monoisotopic (exact) mass is 509 g/mol. The Bertz CT molecular complexity index is 1290. The largest absolute Gasteiger partial charge is 0.497 e. The number of hydrogen-bond donors (Lipinski definition) is 2. The predicted molar refractivity (Wildman–Crippen MR) is 139 cm³/mol. The Morgan fingerprint density at radius 2 is 1.74 bits per heavy atom. The minimum absolute atomic E-state index is 0.151. The molecule has 0 aliphatic heterocycles. The van der Waals surface area contributed by atoms with Gasteiger partial charge in [-0.2, -0.15) is 0 Å². The Kier molecular flexibility index (Phi) is 7.84. The fraction of sp³-hybridized carbons (Fsp3) is 0.0800. The van der Waals surface area contributed by atoms with E-state index in [1.807, 2.05) is 35.7 Å². The third kappa shape index (κ3) is 6.17. The molecule has 1 heterocycles. The zero-order valence-corrected chi connectivity index (χ0v) is 20.5. The van der Waals surface area contributed by atoms with E-state index in [1.165, 1.54) is 23.1 Å². The molecule has 4 rings (SSSR count). The lowest BCUT2D eigenvalue weighted by Gasteiger charge is -2.07. The lowest BCUT2D eigenvalue weighted by atomic mass is 10.2. The lowest BCUT2D eigenvalue weighted by molar-refractivity contribution is -0.113. The van der Waals surface area contributed by atoms with Crippen LogP contribution >= 0.6 is 34.7 Å². The molecule has 6 nitrogen and oxygen atoms in total. The average Bonchev–Trinajstić information content (AvgIpc) is 3.32. The summed E-state index contributed by atoms with van der Waals surface area (Å²) in [5, 5.41) is 8.68. The van der Waals surface area contributed by atoms with Gasteiger partial charge in [-0.05, 0) is 54.6 Å². The first-order valence-corrected chi connectivity index (χ1v) is 12.4. The topological polar surface area (TPSA) is 80.3 Å². The number of hydrogen-bond acceptors (Lipinski definition) is 6. The summed E-state index contributed by atoms with van der Waals surface area (Å²) in [7, 11) is 1.58. The van der Waals surface area contributed by atoms with E-state index in [-0.39, 0.29) is 17.6 Å². The minimum atomic E-state index is -0.206. The Hall–Kier alpha value is -3.33. The van der Waals surface area contributed by atoms with Crippen LogP contribution in [0.1, 0.15) is 10.4 Å². The summed E-state index contributed by atoms with van der Waals surface area (Å²) in [5.41, 5.74) is 2.76. The van der Waals surface area contributed by atoms with Crippen LogP contribution in [0.15, 0.2) is 83.1 Å². The fourth-order valence-corrected chi connectivity index (χ4v) is 4.67. The smallest absolute Gasteiger partial charge is 0.255 e. The van der Waals surface area contributed by atoms with E-state index in [4.69, 9.17) is 16.3 Å². The van der Waals surface area contributed by atoms with Gasteiger partial charge in [0.2, 0.25) is 5.91 Å². The first kappa shape index (κ1) is 23.8. The molecule has 0 unspecified atom stereocenters. The molecule has 3 aromatic carbocycles. The van der Waals surface area contributed by atoms with Crippen LogP contribution in [0.5, 0.6) is 5.75 Å². The number of nitrogens with zero attached hydrogens (tertiary/aromatic N) is 1. The molecule has 0 saturated carbocycles. The van der Waals surface area contributed by atoms with E-state index in [2.05, 4.69) is 15.6 Å². The van der Waals surface area contributed by atoms with Gasteiger partial charge in [-0.15, -0.1) is 23.1 Å². The zero-order chi connectivity index (χ0) is 23.9. The van der Waals surface area contributed by atoms with Crippen molar-refractivity contribution >= 4 is 57.3 Å². The number of ether oxygens (including phenoxy) is 1. The highest BCUT2D eigenvalue weighted by molar-refractivity contribution is 8.00. The summed E-state index contributed by atoms with van der Waals surface area (Å²) in [6.07, 6.45) is 0. The van der Waals surface area contributed by atoms with Crippen molar-refractivity contribution in [2.75, 3.05) is 23.5 Å². The van der Waals surface area contributed by atoms with E-state index in [0.717, 1.165) is 16.2 Å². The van der Waals surface area contributed by atoms with Gasteiger partial charge >= 0.3 is 0 Å². The van der Waals surface area contributed by atoms with Crippen molar-refractivity contribution in [1.82, 2.24) is 4.98 Å². The van der Waals surface area contributed by atoms with Crippen molar-refractivity contribution in [3.63, 3.8) is 0 Å². The molecular weight excluding hydrogens is 490 g/mol. The van der Waals surface area contributed by atoms with Crippen molar-refractivity contribution in [1.29, 1.82) is 0 Å². The van der Waals surface area contributed by atoms with Crippen LogP contribution in [0.25, 0.3) is 11.3 Å². The number of aromatic nitrogens is 1. The summed E-state index contributed by atoms with van der Waals surface area (Å²) >= 11 is 8.97. The van der Waals surface area contributed by atoms with Gasteiger partial charge in [0.25, 0.3) is 5.91 Å². The van der Waals surface area contributed by atoms with Gasteiger partial charge in [-0.1, -0.05) is 29.8 Å². The molecule has 2 N–H and O–H groups in total. The Morgan fingerprint density at radius 1 is 1.00 bits per heavy atom. The summed E-state index contributed by atoms with van der Waals surface area (Å²) in [6.45, 7) is 0. The summed E-state index contributed by atoms with van der Waals surface area (Å²) in [5.74, 6) is 0.570. The second-order valence-corrected chi connectivity index (χ2v) is 9.38. The molecule has 0 atom stereocenters. The lowest BCUT2D eigenvalue weighted by Crippen LogP contribution is -2.13. The maximum Gasteiger partial charge on any atom is 0.255 e. The molecule has 1 aromatic heterocycles. The standard InChI is InChI=1S/C25H20ClN3O3S2/c1-32-18-10-6-16(7-11-18)24(31)27-17-8-12-19(13-9-17)33-15-23(30)29-25-28-22(14-34-25)20-4-2-3-5-21(20)26/h2-14H,15H2,1H3,(H,27,31)(H,28,29,30). The number of amides is 2. The second-order valence-electron chi connectivity index (χ2n) is 7.06. The van der Waals surface area contributed by atoms with E-state index in [1.54, 1.807) is 49.6 Å². The number of rotatable bonds is 8. The van der Waals surface area contributed by atoms with E-state index in [0.29, 0.717) is 27.2 Å². The number of carbonyl (C=O) groups is 2. The van der Waals surface area contributed by atoms with Crippen LogP contribution in [0.3, 0.4) is 0 Å². The first-order valence-electron chi connectivity index (χ1n) is 10.2. The molecule has 0 bridgehead atoms. The number of methoxy groups -OCH3 is 1. The zero-order valence-electron chi connectivity index (χ0n) is 18.1. The quantitative estimate of drug-likeness (QED) is 0.266. The number of halogens is 1. The first-order chi connectivity index (χ1) is 16.5. The van der Waals surface area contributed by atoms with Crippen molar-refractivity contribution in [2.24, 2.45) is 0 Å². The number of thioether (sulfide) groups is 1. The maximum absolute atomic E-state index is 12.4. The van der Waals surface area contributed by atoms with E-state index < -0.39 is 0 Å². The van der Waals surface area contributed by atoms with E-state index >= 15 is 0 Å². The molecule has 34 heavy (non-hydrogen) atoms. The van der Waals surface area contributed by atoms with Gasteiger partial charge in [-0.25, -0.2) is 4.98 Å². The minimum Gasteiger partial charge on any atom is -0.497 e.